The number of aliphatic hydroxyl groups is 1. The van der Waals surface area contributed by atoms with Crippen LogP contribution in [0.4, 0.5) is 0 Å². The van der Waals surface area contributed by atoms with E-state index in [2.05, 4.69) is 11.2 Å². The highest BCUT2D eigenvalue weighted by Crippen LogP contribution is 2.22. The van der Waals surface area contributed by atoms with Crippen molar-refractivity contribution in [2.45, 2.75) is 50.8 Å². The van der Waals surface area contributed by atoms with Crippen LogP contribution in [0.25, 0.3) is 0 Å². The fourth-order valence-electron chi connectivity index (χ4n) is 4.60. The third-order valence-corrected chi connectivity index (χ3v) is 6.87. The molecule has 0 aliphatic heterocycles. The molecule has 0 aromatic heterocycles. The van der Waals surface area contributed by atoms with Crippen LogP contribution in [0, 0.1) is 12.3 Å². The zero-order chi connectivity index (χ0) is 30.8. The van der Waals surface area contributed by atoms with Crippen molar-refractivity contribution in [3.05, 3.63) is 144 Å². The predicted molar refractivity (Wildman–Crippen MR) is 169 cm³/mol. The second kappa shape index (κ2) is 18.4. The number of hydrogen-bond acceptors (Lipinski definition) is 6. The summed E-state index contributed by atoms with van der Waals surface area (Å²) in [6, 6.07) is 38.4. The molecule has 7 heteroatoms. The molecular formula is C37H39NO6. The molecule has 0 unspecified atom stereocenters. The summed E-state index contributed by atoms with van der Waals surface area (Å²) in [5.41, 5.74) is 3.63. The van der Waals surface area contributed by atoms with E-state index < -0.39 is 30.3 Å². The molecule has 0 spiro atoms. The standard InChI is InChI=1S/C37H39NO6/c1-2-23-38-37(40)36(44-27-32-21-13-6-14-22-32)35(43-26-31-19-11-5-12-20-31)34(42-25-30-17-9-4-10-18-30)33(39)28-41-24-29-15-7-3-8-16-29/h1,3-22,33-36,39H,23-28H2,(H,38,40)/t33-,34-,35+,36-/m1/s1. The average molecular weight is 594 g/mol. The Kier molecular flexibility index (Phi) is 13.6. The molecule has 0 aliphatic rings. The van der Waals surface area contributed by atoms with Gasteiger partial charge in [0, 0.05) is 0 Å². The maximum absolute atomic E-state index is 13.6. The molecule has 0 saturated heterocycles. The minimum absolute atomic E-state index is 0.00765. The Labute approximate surface area is 259 Å². The maximum Gasteiger partial charge on any atom is 0.252 e. The van der Waals surface area contributed by atoms with E-state index >= 15 is 0 Å². The van der Waals surface area contributed by atoms with E-state index in [4.69, 9.17) is 25.4 Å². The highest BCUT2D eigenvalue weighted by atomic mass is 16.6. The fraction of sp³-hybridized carbons (Fsp3) is 0.270. The number of nitrogens with one attached hydrogen (secondary N) is 1. The quantitative estimate of drug-likeness (QED) is 0.157. The number of benzene rings is 4. The average Bonchev–Trinajstić information content (AvgIpc) is 3.07. The Morgan fingerprint density at radius 2 is 1.05 bits per heavy atom. The third kappa shape index (κ3) is 10.8. The number of rotatable bonds is 18. The fourth-order valence-corrected chi connectivity index (χ4v) is 4.60. The summed E-state index contributed by atoms with van der Waals surface area (Å²) in [5, 5.41) is 14.3. The van der Waals surface area contributed by atoms with Gasteiger partial charge in [-0.3, -0.25) is 4.79 Å². The topological polar surface area (TPSA) is 86.3 Å². The first kappa shape index (κ1) is 32.6. The number of ether oxygens (including phenoxy) is 4. The molecule has 0 fully saturated rings. The molecule has 4 atom stereocenters. The van der Waals surface area contributed by atoms with Crippen molar-refractivity contribution in [2.75, 3.05) is 13.2 Å². The molecule has 0 bridgehead atoms. The number of amides is 1. The summed E-state index contributed by atoms with van der Waals surface area (Å²) < 4.78 is 25.0. The Morgan fingerprint density at radius 1 is 0.636 bits per heavy atom. The second-order valence-electron chi connectivity index (χ2n) is 10.2. The van der Waals surface area contributed by atoms with Crippen LogP contribution in [0.5, 0.6) is 0 Å². The first-order chi connectivity index (χ1) is 21.6. The third-order valence-electron chi connectivity index (χ3n) is 6.87. The summed E-state index contributed by atoms with van der Waals surface area (Å²) >= 11 is 0. The molecule has 7 nitrogen and oxygen atoms in total. The summed E-state index contributed by atoms with van der Waals surface area (Å²) in [5.74, 6) is 1.97. The normalized spacial score (nSPS) is 13.7. The molecule has 4 aromatic carbocycles. The van der Waals surface area contributed by atoms with E-state index in [9.17, 15) is 9.90 Å². The van der Waals surface area contributed by atoms with Crippen LogP contribution in [0.3, 0.4) is 0 Å². The van der Waals surface area contributed by atoms with Gasteiger partial charge in [0.05, 0.1) is 39.6 Å². The lowest BCUT2D eigenvalue weighted by molar-refractivity contribution is -0.191. The van der Waals surface area contributed by atoms with Crippen LogP contribution in [-0.4, -0.2) is 48.6 Å². The van der Waals surface area contributed by atoms with Crippen molar-refractivity contribution in [3.63, 3.8) is 0 Å². The zero-order valence-electron chi connectivity index (χ0n) is 24.7. The van der Waals surface area contributed by atoms with E-state index in [-0.39, 0.29) is 33.0 Å². The monoisotopic (exact) mass is 593 g/mol. The molecular weight excluding hydrogens is 554 g/mol. The number of terminal acetylenes is 1. The van der Waals surface area contributed by atoms with Gasteiger partial charge in [0.1, 0.15) is 18.3 Å². The highest BCUT2D eigenvalue weighted by molar-refractivity contribution is 5.81. The Hall–Kier alpha value is -4.29. The lowest BCUT2D eigenvalue weighted by Crippen LogP contribution is -2.55. The number of hydrogen-bond donors (Lipinski definition) is 2. The van der Waals surface area contributed by atoms with E-state index in [1.807, 2.05) is 121 Å². The smallest absolute Gasteiger partial charge is 0.252 e. The van der Waals surface area contributed by atoms with E-state index in [1.165, 1.54) is 0 Å². The zero-order valence-corrected chi connectivity index (χ0v) is 24.7. The number of carbonyl (C=O) groups excluding carboxylic acids is 1. The lowest BCUT2D eigenvalue weighted by atomic mass is 10.0. The van der Waals surface area contributed by atoms with Crippen molar-refractivity contribution >= 4 is 5.91 Å². The SMILES string of the molecule is C#CCNC(=O)[C@H](OCc1ccccc1)[C@@H](OCc1ccccc1)[C@H](OCc1ccccc1)[C@H](O)COCc1ccccc1. The molecule has 2 N–H and O–H groups in total. The van der Waals surface area contributed by atoms with Gasteiger partial charge in [-0.25, -0.2) is 0 Å². The van der Waals surface area contributed by atoms with Crippen molar-refractivity contribution in [1.82, 2.24) is 5.32 Å². The minimum Gasteiger partial charge on any atom is -0.388 e. The Morgan fingerprint density at radius 3 is 1.50 bits per heavy atom. The summed E-state index contributed by atoms with van der Waals surface area (Å²) in [6.45, 7) is 0.706. The van der Waals surface area contributed by atoms with E-state index in [0.29, 0.717) is 6.61 Å². The van der Waals surface area contributed by atoms with Gasteiger partial charge in [-0.1, -0.05) is 127 Å². The second-order valence-corrected chi connectivity index (χ2v) is 10.2. The molecule has 0 saturated carbocycles. The first-order valence-corrected chi connectivity index (χ1v) is 14.6. The Balaban J connectivity index is 1.63. The van der Waals surface area contributed by atoms with Gasteiger partial charge < -0.3 is 29.4 Å². The molecule has 228 valence electrons. The molecule has 4 aromatic rings. The largest absolute Gasteiger partial charge is 0.388 e. The molecule has 0 aliphatic carbocycles. The van der Waals surface area contributed by atoms with Gasteiger partial charge in [0.15, 0.2) is 6.10 Å². The minimum atomic E-state index is -1.17. The van der Waals surface area contributed by atoms with Gasteiger partial charge in [0.2, 0.25) is 0 Å². The maximum atomic E-state index is 13.6. The number of aliphatic hydroxyl groups excluding tert-OH is 1. The number of carbonyl (C=O) groups is 1. The van der Waals surface area contributed by atoms with Crippen LogP contribution in [0.2, 0.25) is 0 Å². The van der Waals surface area contributed by atoms with Gasteiger partial charge >= 0.3 is 0 Å². The molecule has 4 rings (SSSR count). The van der Waals surface area contributed by atoms with E-state index in [0.717, 1.165) is 22.3 Å². The van der Waals surface area contributed by atoms with Gasteiger partial charge in [-0.2, -0.15) is 0 Å². The molecule has 1 amide bonds. The Bertz CT molecular complexity index is 1400. The first-order valence-electron chi connectivity index (χ1n) is 14.6. The summed E-state index contributed by atoms with van der Waals surface area (Å²) in [4.78, 5) is 13.6. The molecule has 0 radical (unpaired) electrons. The lowest BCUT2D eigenvalue weighted by Gasteiger charge is -2.35. The van der Waals surface area contributed by atoms with Crippen LogP contribution in [0.15, 0.2) is 121 Å². The summed E-state index contributed by atoms with van der Waals surface area (Å²) in [7, 11) is 0. The van der Waals surface area contributed by atoms with Crippen LogP contribution in [-0.2, 0) is 50.2 Å². The predicted octanol–water partition coefficient (Wildman–Crippen LogP) is 5.07. The summed E-state index contributed by atoms with van der Waals surface area (Å²) in [6.07, 6.45) is 1.09. The van der Waals surface area contributed by atoms with Gasteiger partial charge in [-0.05, 0) is 22.3 Å². The van der Waals surface area contributed by atoms with Crippen molar-refractivity contribution in [1.29, 1.82) is 0 Å². The van der Waals surface area contributed by atoms with Crippen molar-refractivity contribution in [3.8, 4) is 12.3 Å². The van der Waals surface area contributed by atoms with Crippen molar-refractivity contribution < 1.29 is 28.8 Å². The van der Waals surface area contributed by atoms with Crippen LogP contribution >= 0.6 is 0 Å². The van der Waals surface area contributed by atoms with Crippen LogP contribution in [0.1, 0.15) is 22.3 Å². The molecule has 44 heavy (non-hydrogen) atoms. The van der Waals surface area contributed by atoms with Crippen molar-refractivity contribution in [2.24, 2.45) is 0 Å². The van der Waals surface area contributed by atoms with Gasteiger partial charge in [0.25, 0.3) is 5.91 Å². The highest BCUT2D eigenvalue weighted by Gasteiger charge is 2.41. The van der Waals surface area contributed by atoms with E-state index in [1.54, 1.807) is 0 Å². The molecule has 0 heterocycles. The van der Waals surface area contributed by atoms with Gasteiger partial charge in [-0.15, -0.1) is 6.42 Å². The van der Waals surface area contributed by atoms with Crippen LogP contribution < -0.4 is 5.32 Å².